The van der Waals surface area contributed by atoms with Crippen molar-refractivity contribution >= 4 is 0 Å². The molecule has 0 amide bonds. The lowest BCUT2D eigenvalue weighted by molar-refractivity contribution is 0.619. The highest BCUT2D eigenvalue weighted by atomic mass is 19.1. The lowest BCUT2D eigenvalue weighted by Crippen LogP contribution is -2.03. The highest BCUT2D eigenvalue weighted by Crippen LogP contribution is 2.42. The predicted molar refractivity (Wildman–Crippen MR) is 74.7 cm³/mol. The average molecular weight is 269 g/mol. The minimum absolute atomic E-state index is 0.197. The number of rotatable bonds is 2. The van der Waals surface area contributed by atoms with Crippen LogP contribution in [0.15, 0.2) is 18.2 Å². The van der Waals surface area contributed by atoms with Gasteiger partial charge in [0.15, 0.2) is 5.82 Å². The molecule has 0 radical (unpaired) electrons. The minimum atomic E-state index is -0.197. The standard InChI is InChI=1S/C16H16FN3/c1-9-2-3-11(6-13(9)17)16-19-14-8-18-7-12(14)15(20-16)10-4-5-10/h2-3,6,10,18H,4-5,7-8H2,1H3. The van der Waals surface area contributed by atoms with E-state index >= 15 is 0 Å². The van der Waals surface area contributed by atoms with Crippen LogP contribution in [0.3, 0.4) is 0 Å². The zero-order chi connectivity index (χ0) is 13.7. The van der Waals surface area contributed by atoms with E-state index in [2.05, 4.69) is 10.3 Å². The molecule has 1 saturated carbocycles. The molecular weight excluding hydrogens is 253 g/mol. The number of benzene rings is 1. The summed E-state index contributed by atoms with van der Waals surface area (Å²) in [6.07, 6.45) is 2.43. The van der Waals surface area contributed by atoms with Crippen molar-refractivity contribution in [3.63, 3.8) is 0 Å². The summed E-state index contributed by atoms with van der Waals surface area (Å²) >= 11 is 0. The van der Waals surface area contributed by atoms with Crippen molar-refractivity contribution in [2.45, 2.75) is 38.8 Å². The minimum Gasteiger partial charge on any atom is -0.307 e. The molecule has 1 aliphatic carbocycles. The lowest BCUT2D eigenvalue weighted by atomic mass is 10.1. The molecule has 2 heterocycles. The number of aryl methyl sites for hydroxylation is 1. The molecule has 1 fully saturated rings. The van der Waals surface area contributed by atoms with Gasteiger partial charge < -0.3 is 5.32 Å². The quantitative estimate of drug-likeness (QED) is 0.910. The SMILES string of the molecule is Cc1ccc(-c2nc3c(c(C4CC4)n2)CNC3)cc1F. The summed E-state index contributed by atoms with van der Waals surface area (Å²) in [5.74, 6) is 1.05. The van der Waals surface area contributed by atoms with E-state index in [1.807, 2.05) is 6.07 Å². The fourth-order valence-electron chi connectivity index (χ4n) is 2.75. The third-order valence-electron chi connectivity index (χ3n) is 4.11. The fourth-order valence-corrected chi connectivity index (χ4v) is 2.75. The van der Waals surface area contributed by atoms with E-state index in [0.717, 1.165) is 24.3 Å². The van der Waals surface area contributed by atoms with Crippen LogP contribution in [0.1, 0.15) is 41.3 Å². The zero-order valence-electron chi connectivity index (χ0n) is 11.4. The van der Waals surface area contributed by atoms with Gasteiger partial charge in [-0.05, 0) is 31.4 Å². The average Bonchev–Trinajstić information content (AvgIpc) is 3.18. The van der Waals surface area contributed by atoms with Gasteiger partial charge in [-0.3, -0.25) is 0 Å². The molecule has 4 heteroatoms. The van der Waals surface area contributed by atoms with Gasteiger partial charge in [0, 0.05) is 30.1 Å². The van der Waals surface area contributed by atoms with Crippen LogP contribution in [0.25, 0.3) is 11.4 Å². The molecule has 0 unspecified atom stereocenters. The number of hydrogen-bond donors (Lipinski definition) is 1. The first-order valence-electron chi connectivity index (χ1n) is 7.09. The molecule has 3 nitrogen and oxygen atoms in total. The van der Waals surface area contributed by atoms with E-state index in [4.69, 9.17) is 4.98 Å². The monoisotopic (exact) mass is 269 g/mol. The molecule has 0 atom stereocenters. The van der Waals surface area contributed by atoms with Gasteiger partial charge in [0.05, 0.1) is 11.4 Å². The van der Waals surface area contributed by atoms with Crippen molar-refractivity contribution in [1.29, 1.82) is 0 Å². The van der Waals surface area contributed by atoms with Crippen LogP contribution in [0.2, 0.25) is 0 Å². The highest BCUT2D eigenvalue weighted by Gasteiger charge is 2.31. The van der Waals surface area contributed by atoms with E-state index in [1.54, 1.807) is 13.0 Å². The summed E-state index contributed by atoms with van der Waals surface area (Å²) in [6.45, 7) is 3.42. The second kappa shape index (κ2) is 4.35. The van der Waals surface area contributed by atoms with Crippen LogP contribution in [0.4, 0.5) is 4.39 Å². The van der Waals surface area contributed by atoms with Crippen molar-refractivity contribution in [3.8, 4) is 11.4 Å². The van der Waals surface area contributed by atoms with Gasteiger partial charge in [0.25, 0.3) is 0 Å². The maximum absolute atomic E-state index is 13.7. The van der Waals surface area contributed by atoms with Gasteiger partial charge in [-0.25, -0.2) is 14.4 Å². The molecule has 102 valence electrons. The van der Waals surface area contributed by atoms with Gasteiger partial charge in [0.2, 0.25) is 0 Å². The molecule has 1 aliphatic heterocycles. The van der Waals surface area contributed by atoms with Crippen molar-refractivity contribution in [2.24, 2.45) is 0 Å². The second-order valence-corrected chi connectivity index (χ2v) is 5.70. The Balaban J connectivity index is 1.85. The van der Waals surface area contributed by atoms with E-state index in [0.29, 0.717) is 17.3 Å². The molecule has 0 bridgehead atoms. The zero-order valence-corrected chi connectivity index (χ0v) is 11.4. The first-order chi connectivity index (χ1) is 9.72. The Bertz CT molecular complexity index is 692. The molecule has 0 saturated heterocycles. The summed E-state index contributed by atoms with van der Waals surface area (Å²) in [4.78, 5) is 9.35. The fraction of sp³-hybridized carbons (Fsp3) is 0.375. The van der Waals surface area contributed by atoms with Gasteiger partial charge in [-0.15, -0.1) is 0 Å². The maximum atomic E-state index is 13.7. The third-order valence-corrected chi connectivity index (χ3v) is 4.11. The topological polar surface area (TPSA) is 37.8 Å². The highest BCUT2D eigenvalue weighted by molar-refractivity contribution is 5.57. The number of hydrogen-bond acceptors (Lipinski definition) is 3. The molecular formula is C16H16FN3. The first-order valence-corrected chi connectivity index (χ1v) is 7.09. The van der Waals surface area contributed by atoms with Crippen molar-refractivity contribution in [2.75, 3.05) is 0 Å². The molecule has 1 N–H and O–H groups in total. The van der Waals surface area contributed by atoms with E-state index < -0.39 is 0 Å². The molecule has 2 aromatic rings. The van der Waals surface area contributed by atoms with Gasteiger partial charge in [-0.1, -0.05) is 12.1 Å². The summed E-state index contributed by atoms with van der Waals surface area (Å²) in [5.41, 5.74) is 4.95. The van der Waals surface area contributed by atoms with Crippen molar-refractivity contribution in [1.82, 2.24) is 15.3 Å². The van der Waals surface area contributed by atoms with E-state index in [-0.39, 0.29) is 5.82 Å². The first kappa shape index (κ1) is 12.0. The Morgan fingerprint density at radius 1 is 1.20 bits per heavy atom. The summed E-state index contributed by atoms with van der Waals surface area (Å²) in [7, 11) is 0. The van der Waals surface area contributed by atoms with Gasteiger partial charge in [-0.2, -0.15) is 0 Å². The normalized spacial score (nSPS) is 17.3. The summed E-state index contributed by atoms with van der Waals surface area (Å²) in [6, 6.07) is 5.23. The number of nitrogens with one attached hydrogen (secondary N) is 1. The number of nitrogens with zero attached hydrogens (tertiary/aromatic N) is 2. The summed E-state index contributed by atoms with van der Waals surface area (Å²) < 4.78 is 13.7. The maximum Gasteiger partial charge on any atom is 0.159 e. The van der Waals surface area contributed by atoms with Crippen LogP contribution in [0.5, 0.6) is 0 Å². The van der Waals surface area contributed by atoms with Crippen LogP contribution in [-0.4, -0.2) is 9.97 Å². The number of aromatic nitrogens is 2. The molecule has 2 aliphatic rings. The molecule has 4 rings (SSSR count). The van der Waals surface area contributed by atoms with Crippen molar-refractivity contribution in [3.05, 3.63) is 46.5 Å². The summed E-state index contributed by atoms with van der Waals surface area (Å²) in [5, 5.41) is 3.33. The Labute approximate surface area is 117 Å². The smallest absolute Gasteiger partial charge is 0.159 e. The Morgan fingerprint density at radius 2 is 2.05 bits per heavy atom. The Hall–Kier alpha value is -1.81. The molecule has 1 aromatic heterocycles. The van der Waals surface area contributed by atoms with Gasteiger partial charge in [0.1, 0.15) is 5.82 Å². The molecule has 20 heavy (non-hydrogen) atoms. The second-order valence-electron chi connectivity index (χ2n) is 5.70. The third kappa shape index (κ3) is 1.91. The van der Waals surface area contributed by atoms with Crippen LogP contribution in [-0.2, 0) is 13.1 Å². The van der Waals surface area contributed by atoms with E-state index in [1.165, 1.54) is 30.2 Å². The largest absolute Gasteiger partial charge is 0.307 e. The number of halogens is 1. The van der Waals surface area contributed by atoms with E-state index in [9.17, 15) is 4.39 Å². The Kier molecular flexibility index (Phi) is 2.60. The predicted octanol–water partition coefficient (Wildman–Crippen LogP) is 3.07. The number of fused-ring (bicyclic) bond motifs is 1. The van der Waals surface area contributed by atoms with Crippen LogP contribution in [0, 0.1) is 12.7 Å². The van der Waals surface area contributed by atoms with Gasteiger partial charge >= 0.3 is 0 Å². The molecule has 1 aromatic carbocycles. The molecule has 0 spiro atoms. The van der Waals surface area contributed by atoms with Crippen LogP contribution < -0.4 is 5.32 Å². The Morgan fingerprint density at radius 3 is 2.80 bits per heavy atom. The van der Waals surface area contributed by atoms with Crippen LogP contribution >= 0.6 is 0 Å². The van der Waals surface area contributed by atoms with Crippen molar-refractivity contribution < 1.29 is 4.39 Å². The lowest BCUT2D eigenvalue weighted by Gasteiger charge is -2.09.